The van der Waals surface area contributed by atoms with Crippen molar-refractivity contribution in [1.82, 2.24) is 19.7 Å². The molecule has 2 rings (SSSR count). The van der Waals surface area contributed by atoms with Gasteiger partial charge in [-0.3, -0.25) is 0 Å². The Morgan fingerprint density at radius 3 is 2.67 bits per heavy atom. The summed E-state index contributed by atoms with van der Waals surface area (Å²) in [5.41, 5.74) is 0.219. The first-order valence-corrected chi connectivity index (χ1v) is 5.25. The Labute approximate surface area is 107 Å². The molecule has 0 aliphatic carbocycles. The van der Waals surface area contributed by atoms with Crippen molar-refractivity contribution in [3.63, 3.8) is 0 Å². The molecule has 0 unspecified atom stereocenters. The third-order valence-electron chi connectivity index (χ3n) is 1.93. The summed E-state index contributed by atoms with van der Waals surface area (Å²) in [6, 6.07) is 2.68. The number of carboxylic acids is 1. The van der Waals surface area contributed by atoms with Crippen molar-refractivity contribution < 1.29 is 14.8 Å². The number of aromatic nitrogens is 4. The van der Waals surface area contributed by atoms with Gasteiger partial charge in [-0.05, 0) is 22.0 Å². The van der Waals surface area contributed by atoms with Crippen molar-refractivity contribution in [2.45, 2.75) is 0 Å². The van der Waals surface area contributed by atoms with E-state index >= 15 is 0 Å². The number of hydrogen-bond donors (Lipinski definition) is 1. The first kappa shape index (κ1) is 12.1. The fraction of sp³-hybridized carbons (Fsp3) is 0. The molecule has 0 spiro atoms. The monoisotopic (exact) mass is 313 g/mol. The van der Waals surface area contributed by atoms with Gasteiger partial charge in [0.2, 0.25) is 0 Å². The van der Waals surface area contributed by atoms with E-state index in [2.05, 4.69) is 31.0 Å². The molecule has 0 radical (unpaired) electrons. The zero-order chi connectivity index (χ0) is 13.3. The van der Waals surface area contributed by atoms with E-state index in [-0.39, 0.29) is 10.4 Å². The topological polar surface area (TPSA) is 124 Å². The highest BCUT2D eigenvalue weighted by Gasteiger charge is 2.20. The first-order valence-electron chi connectivity index (χ1n) is 4.45. The second-order valence-electron chi connectivity index (χ2n) is 3.06. The lowest BCUT2D eigenvalue weighted by Crippen LogP contribution is -2.03. The molecule has 0 bridgehead atoms. The van der Waals surface area contributed by atoms with E-state index in [0.29, 0.717) is 5.69 Å². The number of pyridine rings is 1. The van der Waals surface area contributed by atoms with Crippen LogP contribution in [0.1, 0.15) is 10.5 Å². The smallest absolute Gasteiger partial charge is 0.477 e. The van der Waals surface area contributed by atoms with Gasteiger partial charge in [0.05, 0.1) is 6.20 Å². The first-order chi connectivity index (χ1) is 8.49. The Balaban J connectivity index is 2.42. The maximum absolute atomic E-state index is 10.6. The summed E-state index contributed by atoms with van der Waals surface area (Å²) in [7, 11) is 0. The largest absolute Gasteiger partial charge is 0.492 e. The van der Waals surface area contributed by atoms with Crippen LogP contribution in [0.2, 0.25) is 0 Å². The van der Waals surface area contributed by atoms with E-state index in [1.54, 1.807) is 0 Å². The average Bonchev–Trinajstić information content (AvgIpc) is 2.71. The molecule has 2 aromatic heterocycles. The number of nitro groups is 1. The summed E-state index contributed by atoms with van der Waals surface area (Å²) in [6.07, 6.45) is 1.23. The average molecular weight is 314 g/mol. The molecule has 0 aromatic carbocycles. The van der Waals surface area contributed by atoms with Crippen molar-refractivity contribution in [2.24, 2.45) is 0 Å². The second-order valence-corrected chi connectivity index (χ2v) is 3.77. The lowest BCUT2D eigenvalue weighted by Gasteiger charge is -1.97. The molecule has 1 N–H and O–H groups in total. The highest BCUT2D eigenvalue weighted by molar-refractivity contribution is 9.10. The number of carboxylic acid groups (broad SMARTS) is 1. The van der Waals surface area contributed by atoms with Crippen LogP contribution in [0.4, 0.5) is 5.95 Å². The summed E-state index contributed by atoms with van der Waals surface area (Å²) in [5, 5.41) is 22.8. The summed E-state index contributed by atoms with van der Waals surface area (Å²) < 4.78 is 1.26. The molecule has 0 saturated heterocycles. The van der Waals surface area contributed by atoms with E-state index in [4.69, 9.17) is 5.11 Å². The van der Waals surface area contributed by atoms with Crippen LogP contribution < -0.4 is 0 Å². The predicted molar refractivity (Wildman–Crippen MR) is 60.5 cm³/mol. The molecule has 0 aliphatic heterocycles. The lowest BCUT2D eigenvalue weighted by molar-refractivity contribution is -0.394. The van der Waals surface area contributed by atoms with Gasteiger partial charge in [0.15, 0.2) is 0 Å². The van der Waals surface area contributed by atoms with E-state index < -0.39 is 16.8 Å². The minimum Gasteiger partial charge on any atom is -0.477 e. The van der Waals surface area contributed by atoms with Gasteiger partial charge in [0.1, 0.15) is 11.4 Å². The molecule has 2 aromatic rings. The molecule has 0 fully saturated rings. The zero-order valence-electron chi connectivity index (χ0n) is 8.52. The van der Waals surface area contributed by atoms with Crippen molar-refractivity contribution in [2.75, 3.05) is 0 Å². The highest BCUT2D eigenvalue weighted by Crippen LogP contribution is 2.17. The highest BCUT2D eigenvalue weighted by atomic mass is 79.9. The van der Waals surface area contributed by atoms with Crippen LogP contribution in [-0.4, -0.2) is 35.7 Å². The Kier molecular flexibility index (Phi) is 3.02. The Morgan fingerprint density at radius 2 is 2.22 bits per heavy atom. The molecule has 2 heterocycles. The van der Waals surface area contributed by atoms with E-state index in [0.717, 1.165) is 4.68 Å². The third kappa shape index (κ3) is 2.18. The van der Waals surface area contributed by atoms with Crippen LogP contribution in [0.25, 0.3) is 5.69 Å². The van der Waals surface area contributed by atoms with Gasteiger partial charge in [-0.25, -0.2) is 9.78 Å². The molecule has 10 heteroatoms. The quantitative estimate of drug-likeness (QED) is 0.662. The molecule has 92 valence electrons. The van der Waals surface area contributed by atoms with Crippen LogP contribution in [-0.2, 0) is 0 Å². The molecule has 0 amide bonds. The normalized spacial score (nSPS) is 10.3. The van der Waals surface area contributed by atoms with Crippen LogP contribution in [0.3, 0.4) is 0 Å². The summed E-state index contributed by atoms with van der Waals surface area (Å²) in [4.78, 5) is 27.6. The number of carbonyl (C=O) groups is 1. The van der Waals surface area contributed by atoms with Gasteiger partial charge in [-0.2, -0.15) is 0 Å². The number of halogens is 1. The minimum atomic E-state index is -1.16. The molecule has 0 saturated carbocycles. The second kappa shape index (κ2) is 4.49. The van der Waals surface area contributed by atoms with Gasteiger partial charge in [-0.15, -0.1) is 4.68 Å². The van der Waals surface area contributed by atoms with E-state index in [1.807, 2.05) is 0 Å². The molecule has 0 atom stereocenters. The molecule has 0 aliphatic rings. The summed E-state index contributed by atoms with van der Waals surface area (Å²) in [5.74, 6) is -1.73. The van der Waals surface area contributed by atoms with E-state index in [9.17, 15) is 14.9 Å². The van der Waals surface area contributed by atoms with Crippen molar-refractivity contribution in [1.29, 1.82) is 0 Å². The van der Waals surface area contributed by atoms with Crippen LogP contribution in [0.15, 0.2) is 23.1 Å². The Bertz CT molecular complexity index is 623. The fourth-order valence-corrected chi connectivity index (χ4v) is 1.61. The molecule has 9 nitrogen and oxygen atoms in total. The Morgan fingerprint density at radius 1 is 1.50 bits per heavy atom. The number of hydrogen-bond acceptors (Lipinski definition) is 6. The molecule has 18 heavy (non-hydrogen) atoms. The molecular weight excluding hydrogens is 310 g/mol. The zero-order valence-corrected chi connectivity index (χ0v) is 10.1. The number of aromatic carboxylic acids is 1. The predicted octanol–water partition coefficient (Wildman–Crippen LogP) is 1.03. The van der Waals surface area contributed by atoms with Gasteiger partial charge in [0.25, 0.3) is 4.73 Å². The van der Waals surface area contributed by atoms with Crippen molar-refractivity contribution in [3.8, 4) is 5.69 Å². The minimum absolute atomic E-state index is 0.124. The van der Waals surface area contributed by atoms with Crippen LogP contribution in [0.5, 0.6) is 0 Å². The number of nitrogens with zero attached hydrogens (tertiary/aromatic N) is 5. The maximum Gasteiger partial charge on any atom is 0.492 e. The van der Waals surface area contributed by atoms with Gasteiger partial charge >= 0.3 is 11.9 Å². The van der Waals surface area contributed by atoms with Gasteiger partial charge in [-0.1, -0.05) is 0 Å². The standard InChI is InChI=1S/C8H4BrN5O4/c9-7-11-8(14(17)18)12-13(7)4-1-2-5(6(15)16)10-3-4/h1-3H,(H,15,16). The van der Waals surface area contributed by atoms with E-state index in [1.165, 1.54) is 18.3 Å². The third-order valence-corrected chi connectivity index (χ3v) is 2.44. The SMILES string of the molecule is O=C(O)c1ccc(-n2nc([N+](=O)[O-])nc2Br)cn1. The molecular formula is C8H4BrN5O4. The fourth-order valence-electron chi connectivity index (χ4n) is 1.16. The van der Waals surface area contributed by atoms with Crippen molar-refractivity contribution in [3.05, 3.63) is 38.9 Å². The lowest BCUT2D eigenvalue weighted by atomic mass is 10.3. The Hall–Kier alpha value is -2.36. The van der Waals surface area contributed by atoms with Gasteiger partial charge in [0, 0.05) is 21.0 Å². The number of rotatable bonds is 3. The van der Waals surface area contributed by atoms with Crippen molar-refractivity contribution >= 4 is 27.8 Å². The van der Waals surface area contributed by atoms with Crippen LogP contribution >= 0.6 is 15.9 Å². The summed E-state index contributed by atoms with van der Waals surface area (Å²) in [6.45, 7) is 0. The summed E-state index contributed by atoms with van der Waals surface area (Å²) >= 11 is 3.01. The van der Waals surface area contributed by atoms with Crippen LogP contribution in [0, 0.1) is 10.1 Å². The van der Waals surface area contributed by atoms with Gasteiger partial charge < -0.3 is 15.2 Å². The maximum atomic E-state index is 10.6.